The second-order valence-corrected chi connectivity index (χ2v) is 7.62. The monoisotopic (exact) mass is 345 g/mol. The molecule has 6 nitrogen and oxygen atoms in total. The van der Waals surface area contributed by atoms with Gasteiger partial charge in [-0.05, 0) is 72.0 Å². The van der Waals surface area contributed by atoms with Gasteiger partial charge in [-0.3, -0.25) is 9.78 Å². The van der Waals surface area contributed by atoms with Crippen LogP contribution in [0, 0.1) is 5.92 Å². The number of carbonyl (C=O) groups excluding carboxylic acids is 2. The molecule has 0 saturated carbocycles. The fourth-order valence-electron chi connectivity index (χ4n) is 2.62. The molecule has 2 rings (SSSR count). The molecule has 1 N–H and O–H groups in total. The number of rotatable bonds is 5. The van der Waals surface area contributed by atoms with E-state index in [1.807, 2.05) is 40.9 Å². The van der Waals surface area contributed by atoms with Gasteiger partial charge in [-0.2, -0.15) is 0 Å². The molecule has 1 atom stereocenters. The van der Waals surface area contributed by atoms with Gasteiger partial charge in [0, 0.05) is 12.0 Å². The van der Waals surface area contributed by atoms with Gasteiger partial charge in [0.1, 0.15) is 5.60 Å². The van der Waals surface area contributed by atoms with Crippen LogP contribution < -0.4 is 5.32 Å². The summed E-state index contributed by atoms with van der Waals surface area (Å²) in [5.41, 5.74) is 1.95. The van der Waals surface area contributed by atoms with Crippen molar-refractivity contribution in [2.45, 2.75) is 39.2 Å². The second kappa shape index (κ2) is 7.78. The van der Waals surface area contributed by atoms with Gasteiger partial charge >= 0.3 is 5.97 Å². The molecule has 0 radical (unpaired) electrons. The van der Waals surface area contributed by atoms with Crippen molar-refractivity contribution in [1.29, 1.82) is 0 Å². The number of hydrogen-bond donors (Lipinski definition) is 1. The maximum atomic E-state index is 12.2. The Labute approximate surface area is 149 Å². The minimum Gasteiger partial charge on any atom is -0.457 e. The Balaban J connectivity index is 2.07. The fraction of sp³-hybridized carbons (Fsp3) is 0.526. The van der Waals surface area contributed by atoms with E-state index >= 15 is 0 Å². The zero-order chi connectivity index (χ0) is 18.6. The topological polar surface area (TPSA) is 71.5 Å². The van der Waals surface area contributed by atoms with Crippen LogP contribution in [0.1, 0.15) is 38.4 Å². The van der Waals surface area contributed by atoms with Crippen molar-refractivity contribution >= 4 is 23.6 Å². The van der Waals surface area contributed by atoms with E-state index in [9.17, 15) is 9.59 Å². The number of anilines is 1. The lowest BCUT2D eigenvalue weighted by Crippen LogP contribution is -2.32. The summed E-state index contributed by atoms with van der Waals surface area (Å²) in [6, 6.07) is 1.91. The average Bonchev–Trinajstić information content (AvgIpc) is 2.49. The quantitative estimate of drug-likeness (QED) is 0.656. The van der Waals surface area contributed by atoms with Gasteiger partial charge in [-0.25, -0.2) is 4.79 Å². The lowest BCUT2D eigenvalue weighted by Gasteiger charge is -2.25. The van der Waals surface area contributed by atoms with Gasteiger partial charge < -0.3 is 15.0 Å². The molecular weight excluding hydrogens is 318 g/mol. The van der Waals surface area contributed by atoms with E-state index < -0.39 is 11.6 Å². The number of carbonyl (C=O) groups is 2. The Bertz CT molecular complexity index is 675. The smallest absolute Gasteiger partial charge is 0.331 e. The third-order valence-corrected chi connectivity index (χ3v) is 3.83. The highest BCUT2D eigenvalue weighted by Crippen LogP contribution is 2.27. The molecule has 1 aromatic heterocycles. The van der Waals surface area contributed by atoms with Gasteiger partial charge in [-0.15, -0.1) is 0 Å². The van der Waals surface area contributed by atoms with Crippen LogP contribution in [0.5, 0.6) is 0 Å². The Morgan fingerprint density at radius 3 is 2.80 bits per heavy atom. The molecule has 1 amide bonds. The zero-order valence-corrected chi connectivity index (χ0v) is 15.6. The lowest BCUT2D eigenvalue weighted by molar-refractivity contribution is -0.148. The summed E-state index contributed by atoms with van der Waals surface area (Å²) in [5, 5.41) is 2.92. The number of aromatic nitrogens is 1. The first kappa shape index (κ1) is 19.1. The highest BCUT2D eigenvalue weighted by molar-refractivity contribution is 5.95. The number of nitrogens with zero attached hydrogens (tertiary/aromatic N) is 2. The first-order valence-corrected chi connectivity index (χ1v) is 8.49. The summed E-state index contributed by atoms with van der Waals surface area (Å²) in [6.45, 7) is 6.34. The van der Waals surface area contributed by atoms with Crippen LogP contribution in [0.15, 0.2) is 18.3 Å². The van der Waals surface area contributed by atoms with E-state index in [1.165, 1.54) is 6.08 Å². The first-order valence-electron chi connectivity index (χ1n) is 8.49. The molecule has 1 aliphatic rings. The standard InChI is InChI=1S/C19H27N3O3/c1-19(2,3)25-17(23)7-6-15-11-14-10-13(8-9-22(4)5)18(24)21-16(14)12-20-15/h6-7,11-13H,8-10H2,1-5H3,(H,21,24)/b7-6+. The van der Waals surface area contributed by atoms with E-state index in [0.29, 0.717) is 12.1 Å². The molecule has 1 unspecified atom stereocenters. The van der Waals surface area contributed by atoms with Crippen LogP contribution >= 0.6 is 0 Å². The molecule has 0 spiro atoms. The molecule has 0 aromatic carbocycles. The van der Waals surface area contributed by atoms with Crippen molar-refractivity contribution in [3.8, 4) is 0 Å². The largest absolute Gasteiger partial charge is 0.457 e. The minimum atomic E-state index is -0.519. The van der Waals surface area contributed by atoms with E-state index in [2.05, 4.69) is 15.2 Å². The predicted octanol–water partition coefficient (Wildman–Crippen LogP) is 2.50. The molecule has 0 bridgehead atoms. The minimum absolute atomic E-state index is 0.0417. The molecule has 6 heteroatoms. The molecule has 1 aromatic rings. The van der Waals surface area contributed by atoms with E-state index in [0.717, 1.165) is 24.2 Å². The van der Waals surface area contributed by atoms with Crippen LogP contribution in [0.25, 0.3) is 6.08 Å². The van der Waals surface area contributed by atoms with Gasteiger partial charge in [0.25, 0.3) is 0 Å². The summed E-state index contributed by atoms with van der Waals surface area (Å²) in [5.74, 6) is -0.391. The van der Waals surface area contributed by atoms with Crippen molar-refractivity contribution < 1.29 is 14.3 Å². The SMILES string of the molecule is CN(C)CCC1Cc2cc(/C=C/C(=O)OC(C)(C)C)ncc2NC1=O. The number of amides is 1. The summed E-state index contributed by atoms with van der Waals surface area (Å²) < 4.78 is 5.24. The third kappa shape index (κ3) is 5.98. The van der Waals surface area contributed by atoms with Gasteiger partial charge in [0.15, 0.2) is 0 Å². The first-order chi connectivity index (χ1) is 11.6. The van der Waals surface area contributed by atoms with E-state index in [-0.39, 0.29) is 11.8 Å². The molecule has 0 aliphatic carbocycles. The maximum absolute atomic E-state index is 12.2. The maximum Gasteiger partial charge on any atom is 0.331 e. The van der Waals surface area contributed by atoms with Crippen LogP contribution in [0.4, 0.5) is 5.69 Å². The Morgan fingerprint density at radius 1 is 1.44 bits per heavy atom. The highest BCUT2D eigenvalue weighted by Gasteiger charge is 2.26. The van der Waals surface area contributed by atoms with Crippen molar-refractivity contribution in [3.63, 3.8) is 0 Å². The van der Waals surface area contributed by atoms with Crippen molar-refractivity contribution in [1.82, 2.24) is 9.88 Å². The van der Waals surface area contributed by atoms with Crippen LogP contribution in [-0.4, -0.2) is 48.0 Å². The molecular formula is C19H27N3O3. The molecule has 1 aliphatic heterocycles. The molecule has 25 heavy (non-hydrogen) atoms. The van der Waals surface area contributed by atoms with Gasteiger partial charge in [0.2, 0.25) is 5.91 Å². The zero-order valence-electron chi connectivity index (χ0n) is 15.6. The van der Waals surface area contributed by atoms with Crippen molar-refractivity contribution in [2.75, 3.05) is 26.0 Å². The van der Waals surface area contributed by atoms with E-state index in [1.54, 1.807) is 12.3 Å². The third-order valence-electron chi connectivity index (χ3n) is 3.83. The Morgan fingerprint density at radius 2 is 2.16 bits per heavy atom. The van der Waals surface area contributed by atoms with Crippen molar-refractivity contribution in [2.24, 2.45) is 5.92 Å². The van der Waals surface area contributed by atoms with Gasteiger partial charge in [-0.1, -0.05) is 0 Å². The number of ether oxygens (including phenoxy) is 1. The number of nitrogens with one attached hydrogen (secondary N) is 1. The van der Waals surface area contributed by atoms with Crippen LogP contribution in [-0.2, 0) is 20.7 Å². The summed E-state index contributed by atoms with van der Waals surface area (Å²) >= 11 is 0. The number of esters is 1. The second-order valence-electron chi connectivity index (χ2n) is 7.62. The van der Waals surface area contributed by atoms with Gasteiger partial charge in [0.05, 0.1) is 17.6 Å². The summed E-state index contributed by atoms with van der Waals surface area (Å²) in [7, 11) is 4.00. The van der Waals surface area contributed by atoms with Crippen LogP contribution in [0.3, 0.4) is 0 Å². The Kier molecular flexibility index (Phi) is 5.95. The van der Waals surface area contributed by atoms with Crippen molar-refractivity contribution in [3.05, 3.63) is 29.6 Å². The number of pyridine rings is 1. The lowest BCUT2D eigenvalue weighted by atomic mass is 9.91. The molecule has 0 fully saturated rings. The highest BCUT2D eigenvalue weighted by atomic mass is 16.6. The molecule has 2 heterocycles. The molecule has 136 valence electrons. The number of fused-ring (bicyclic) bond motifs is 1. The fourth-order valence-corrected chi connectivity index (χ4v) is 2.62. The summed E-state index contributed by atoms with van der Waals surface area (Å²) in [4.78, 5) is 30.3. The summed E-state index contributed by atoms with van der Waals surface area (Å²) in [6.07, 6.45) is 6.16. The van der Waals surface area contributed by atoms with E-state index in [4.69, 9.17) is 4.74 Å². The molecule has 0 saturated heterocycles. The number of hydrogen-bond acceptors (Lipinski definition) is 5. The average molecular weight is 345 g/mol. The van der Waals surface area contributed by atoms with Crippen LogP contribution in [0.2, 0.25) is 0 Å². The normalized spacial score (nSPS) is 17.5. The predicted molar refractivity (Wildman–Crippen MR) is 98.1 cm³/mol. The Hall–Kier alpha value is -2.21.